The van der Waals surface area contributed by atoms with E-state index in [-0.39, 0.29) is 18.5 Å². The van der Waals surface area contributed by atoms with Crippen LogP contribution in [0.3, 0.4) is 0 Å². The van der Waals surface area contributed by atoms with Crippen molar-refractivity contribution in [3.05, 3.63) is 36.0 Å². The van der Waals surface area contributed by atoms with E-state index in [9.17, 15) is 4.79 Å². The Bertz CT molecular complexity index is 881. The van der Waals surface area contributed by atoms with Crippen LogP contribution >= 0.6 is 23.1 Å². The quantitative estimate of drug-likeness (QED) is 0.578. The molecule has 2 aromatic heterocycles. The molecule has 0 aliphatic carbocycles. The largest absolute Gasteiger partial charge is 0.454 e. The van der Waals surface area contributed by atoms with E-state index < -0.39 is 0 Å². The predicted octanol–water partition coefficient (Wildman–Crippen LogP) is 3.15. The van der Waals surface area contributed by atoms with Gasteiger partial charge in [0, 0.05) is 11.8 Å². The third kappa shape index (κ3) is 2.95. The second kappa shape index (κ2) is 6.05. The molecule has 1 aromatic carbocycles. The van der Waals surface area contributed by atoms with Gasteiger partial charge in [0.15, 0.2) is 11.5 Å². The molecular weight excluding hydrogens is 334 g/mol. The number of carbonyl (C=O) groups excluding carboxylic acids is 1. The third-order valence-electron chi connectivity index (χ3n) is 3.21. The number of carbonyl (C=O) groups is 1. The van der Waals surface area contributed by atoms with E-state index in [2.05, 4.69) is 15.3 Å². The van der Waals surface area contributed by atoms with Crippen LogP contribution < -0.4 is 14.8 Å². The molecule has 0 atom stereocenters. The van der Waals surface area contributed by atoms with Crippen molar-refractivity contribution >= 4 is 44.9 Å². The molecule has 0 radical (unpaired) electrons. The van der Waals surface area contributed by atoms with Crippen molar-refractivity contribution < 1.29 is 14.3 Å². The minimum Gasteiger partial charge on any atom is -0.454 e. The number of thioether (sulfide) groups is 1. The van der Waals surface area contributed by atoms with Gasteiger partial charge in [-0.15, -0.1) is 11.3 Å². The molecule has 8 heteroatoms. The highest BCUT2D eigenvalue weighted by atomic mass is 32.2. The van der Waals surface area contributed by atoms with Gasteiger partial charge in [-0.2, -0.15) is 0 Å². The Hall–Kier alpha value is -2.32. The molecule has 116 valence electrons. The molecular formula is C15H11N3O3S2. The number of aromatic nitrogens is 2. The van der Waals surface area contributed by atoms with Crippen LogP contribution in [0.25, 0.3) is 10.2 Å². The number of ether oxygens (including phenoxy) is 2. The van der Waals surface area contributed by atoms with E-state index >= 15 is 0 Å². The zero-order valence-corrected chi connectivity index (χ0v) is 13.4. The van der Waals surface area contributed by atoms with E-state index in [1.165, 1.54) is 18.1 Å². The fourth-order valence-corrected chi connectivity index (χ4v) is 3.92. The summed E-state index contributed by atoms with van der Waals surface area (Å²) in [5.74, 6) is 1.51. The van der Waals surface area contributed by atoms with Gasteiger partial charge in [-0.3, -0.25) is 4.79 Å². The monoisotopic (exact) mass is 345 g/mol. The van der Waals surface area contributed by atoms with E-state index in [1.54, 1.807) is 29.5 Å². The van der Waals surface area contributed by atoms with Gasteiger partial charge in [-0.05, 0) is 23.6 Å². The normalized spacial score (nSPS) is 12.5. The Morgan fingerprint density at radius 1 is 1.26 bits per heavy atom. The molecule has 0 bridgehead atoms. The van der Waals surface area contributed by atoms with Gasteiger partial charge in [-0.1, -0.05) is 11.8 Å². The number of hydrogen-bond acceptors (Lipinski definition) is 7. The summed E-state index contributed by atoms with van der Waals surface area (Å²) in [5, 5.41) is 5.64. The van der Waals surface area contributed by atoms with Crippen LogP contribution in [0, 0.1) is 0 Å². The van der Waals surface area contributed by atoms with Crippen molar-refractivity contribution in [2.24, 2.45) is 0 Å². The topological polar surface area (TPSA) is 73.3 Å². The summed E-state index contributed by atoms with van der Waals surface area (Å²) in [7, 11) is 0. The van der Waals surface area contributed by atoms with Crippen LogP contribution in [-0.2, 0) is 4.79 Å². The fourth-order valence-electron chi connectivity index (χ4n) is 2.17. The molecule has 6 nitrogen and oxygen atoms in total. The van der Waals surface area contributed by atoms with Crippen molar-refractivity contribution in [1.82, 2.24) is 9.97 Å². The van der Waals surface area contributed by atoms with Gasteiger partial charge in [0.05, 0.1) is 16.0 Å². The molecule has 3 heterocycles. The molecule has 0 saturated heterocycles. The standard InChI is InChI=1S/C15H11N3O3S2/c19-13(18-9-1-2-11-12(5-9)21-8-20-11)6-23-15-14-10(3-4-22-14)16-7-17-15/h1-5,7H,6,8H2,(H,18,19). The van der Waals surface area contributed by atoms with Crippen LogP contribution in [0.2, 0.25) is 0 Å². The number of anilines is 1. The van der Waals surface area contributed by atoms with E-state index in [0.717, 1.165) is 15.2 Å². The molecule has 1 aliphatic heterocycles. The minimum absolute atomic E-state index is 0.0998. The zero-order chi connectivity index (χ0) is 15.6. The van der Waals surface area contributed by atoms with Gasteiger partial charge in [0.1, 0.15) is 11.4 Å². The first kappa shape index (κ1) is 14.3. The molecule has 1 amide bonds. The summed E-state index contributed by atoms with van der Waals surface area (Å²) < 4.78 is 11.5. The Morgan fingerprint density at radius 2 is 2.17 bits per heavy atom. The number of nitrogens with one attached hydrogen (secondary N) is 1. The van der Waals surface area contributed by atoms with Crippen molar-refractivity contribution in [3.8, 4) is 11.5 Å². The number of amides is 1. The molecule has 1 aliphatic rings. The number of hydrogen-bond donors (Lipinski definition) is 1. The maximum Gasteiger partial charge on any atom is 0.234 e. The van der Waals surface area contributed by atoms with Gasteiger partial charge < -0.3 is 14.8 Å². The summed E-state index contributed by atoms with van der Waals surface area (Å²) in [6.45, 7) is 0.215. The second-order valence-corrected chi connectivity index (χ2v) is 6.60. The smallest absolute Gasteiger partial charge is 0.234 e. The third-order valence-corrected chi connectivity index (χ3v) is 5.24. The first-order valence-electron chi connectivity index (χ1n) is 6.80. The molecule has 0 spiro atoms. The van der Waals surface area contributed by atoms with Crippen molar-refractivity contribution in [2.75, 3.05) is 17.9 Å². The van der Waals surface area contributed by atoms with Crippen molar-refractivity contribution in [3.63, 3.8) is 0 Å². The highest BCUT2D eigenvalue weighted by Crippen LogP contribution is 2.34. The minimum atomic E-state index is -0.0998. The lowest BCUT2D eigenvalue weighted by atomic mass is 10.3. The number of benzene rings is 1. The van der Waals surface area contributed by atoms with Crippen LogP contribution in [0.15, 0.2) is 41.0 Å². The van der Waals surface area contributed by atoms with Crippen LogP contribution in [0.1, 0.15) is 0 Å². The van der Waals surface area contributed by atoms with Gasteiger partial charge in [0.25, 0.3) is 0 Å². The highest BCUT2D eigenvalue weighted by molar-refractivity contribution is 8.00. The number of nitrogens with zero attached hydrogens (tertiary/aromatic N) is 2. The lowest BCUT2D eigenvalue weighted by Gasteiger charge is -2.06. The lowest BCUT2D eigenvalue weighted by molar-refractivity contribution is -0.113. The van der Waals surface area contributed by atoms with Crippen LogP contribution in [0.4, 0.5) is 5.69 Å². The Balaban J connectivity index is 1.41. The lowest BCUT2D eigenvalue weighted by Crippen LogP contribution is -2.14. The maximum absolute atomic E-state index is 12.1. The van der Waals surface area contributed by atoms with Crippen LogP contribution in [0.5, 0.6) is 11.5 Å². The Morgan fingerprint density at radius 3 is 3.13 bits per heavy atom. The molecule has 3 aromatic rings. The van der Waals surface area contributed by atoms with Gasteiger partial charge in [0.2, 0.25) is 12.7 Å². The number of fused-ring (bicyclic) bond motifs is 2. The predicted molar refractivity (Wildman–Crippen MR) is 89.3 cm³/mol. The summed E-state index contributed by atoms with van der Waals surface area (Å²) in [5.41, 5.74) is 1.59. The van der Waals surface area contributed by atoms with E-state index in [4.69, 9.17) is 9.47 Å². The first-order valence-corrected chi connectivity index (χ1v) is 8.66. The van der Waals surface area contributed by atoms with Gasteiger partial charge >= 0.3 is 0 Å². The summed E-state index contributed by atoms with van der Waals surface area (Å²) in [4.78, 5) is 20.6. The Kier molecular flexibility index (Phi) is 3.76. The van der Waals surface area contributed by atoms with Gasteiger partial charge in [-0.25, -0.2) is 9.97 Å². The number of thiophene rings is 1. The summed E-state index contributed by atoms with van der Waals surface area (Å²) in [6, 6.07) is 7.27. The zero-order valence-electron chi connectivity index (χ0n) is 11.8. The SMILES string of the molecule is O=C(CSc1ncnc2ccsc12)Nc1ccc2c(c1)OCO2. The molecule has 23 heavy (non-hydrogen) atoms. The average molecular weight is 345 g/mol. The molecule has 4 rings (SSSR count). The molecule has 1 N–H and O–H groups in total. The molecule has 0 fully saturated rings. The van der Waals surface area contributed by atoms with E-state index in [1.807, 2.05) is 11.4 Å². The van der Waals surface area contributed by atoms with Crippen molar-refractivity contribution in [1.29, 1.82) is 0 Å². The molecule has 0 unspecified atom stereocenters. The van der Waals surface area contributed by atoms with Crippen LogP contribution in [-0.4, -0.2) is 28.4 Å². The highest BCUT2D eigenvalue weighted by Gasteiger charge is 2.14. The maximum atomic E-state index is 12.1. The van der Waals surface area contributed by atoms with E-state index in [0.29, 0.717) is 17.2 Å². The number of rotatable bonds is 4. The molecule has 0 saturated carbocycles. The Labute approximate surface area is 139 Å². The summed E-state index contributed by atoms with van der Waals surface area (Å²) in [6.07, 6.45) is 1.52. The summed E-state index contributed by atoms with van der Waals surface area (Å²) >= 11 is 2.97. The second-order valence-electron chi connectivity index (χ2n) is 4.72. The first-order chi connectivity index (χ1) is 11.3. The van der Waals surface area contributed by atoms with Crippen molar-refractivity contribution in [2.45, 2.75) is 5.03 Å². The average Bonchev–Trinajstić information content (AvgIpc) is 3.21. The fraction of sp³-hybridized carbons (Fsp3) is 0.133.